The number of carbonyl (C=O) groups is 1. The van der Waals surface area contributed by atoms with Gasteiger partial charge in [-0.2, -0.15) is 0 Å². The minimum absolute atomic E-state index is 0.363. The van der Waals surface area contributed by atoms with Crippen LogP contribution in [-0.4, -0.2) is 43.1 Å². The van der Waals surface area contributed by atoms with Gasteiger partial charge in [-0.25, -0.2) is 4.79 Å². The Morgan fingerprint density at radius 3 is 2.21 bits per heavy atom. The standard InChI is InChI=1S/C16H24BNO6/c1-10(14(20)22-7)18-9-12(21-6)11(8-13(18)19)17-23-15(2,3)16(4,5)24-17/h8-10H,1-7H3. The first-order valence-electron chi connectivity index (χ1n) is 7.77. The lowest BCUT2D eigenvalue weighted by Gasteiger charge is -2.32. The summed E-state index contributed by atoms with van der Waals surface area (Å²) in [5.41, 5.74) is -0.930. The topological polar surface area (TPSA) is 76.0 Å². The molecule has 0 aliphatic carbocycles. The average molecular weight is 337 g/mol. The lowest BCUT2D eigenvalue weighted by atomic mass is 9.79. The quantitative estimate of drug-likeness (QED) is 0.600. The van der Waals surface area contributed by atoms with Crippen molar-refractivity contribution < 1.29 is 23.6 Å². The Balaban J connectivity index is 2.45. The van der Waals surface area contributed by atoms with Crippen molar-refractivity contribution in [1.29, 1.82) is 0 Å². The van der Waals surface area contributed by atoms with E-state index < -0.39 is 30.3 Å². The Hall–Kier alpha value is -1.80. The maximum absolute atomic E-state index is 12.4. The Labute approximate surface area is 142 Å². The Morgan fingerprint density at radius 2 is 1.75 bits per heavy atom. The molecule has 0 aromatic carbocycles. The summed E-state index contributed by atoms with van der Waals surface area (Å²) in [7, 11) is 2.04. The van der Waals surface area contributed by atoms with Gasteiger partial charge in [-0.3, -0.25) is 9.36 Å². The third-order valence-electron chi connectivity index (χ3n) is 4.76. The molecule has 1 unspecified atom stereocenters. The number of aromatic nitrogens is 1. The molecule has 0 radical (unpaired) electrons. The van der Waals surface area contributed by atoms with Crippen LogP contribution in [0.3, 0.4) is 0 Å². The molecule has 0 spiro atoms. The summed E-state index contributed by atoms with van der Waals surface area (Å²) in [6.45, 7) is 9.31. The van der Waals surface area contributed by atoms with Crippen molar-refractivity contribution in [3.63, 3.8) is 0 Å². The van der Waals surface area contributed by atoms with Crippen molar-refractivity contribution in [2.24, 2.45) is 0 Å². The van der Waals surface area contributed by atoms with E-state index in [1.54, 1.807) is 6.92 Å². The van der Waals surface area contributed by atoms with Crippen LogP contribution in [0.15, 0.2) is 17.1 Å². The summed E-state index contributed by atoms with van der Waals surface area (Å²) in [6, 6.07) is 0.615. The van der Waals surface area contributed by atoms with Crippen LogP contribution in [0.4, 0.5) is 0 Å². The van der Waals surface area contributed by atoms with Crippen LogP contribution < -0.4 is 15.8 Å². The molecule has 2 heterocycles. The molecule has 1 saturated heterocycles. The van der Waals surface area contributed by atoms with Gasteiger partial charge in [0.25, 0.3) is 5.56 Å². The first kappa shape index (κ1) is 18.5. The fraction of sp³-hybridized carbons (Fsp3) is 0.625. The van der Waals surface area contributed by atoms with E-state index in [0.29, 0.717) is 11.2 Å². The number of methoxy groups -OCH3 is 2. The third-order valence-corrected chi connectivity index (χ3v) is 4.76. The lowest BCUT2D eigenvalue weighted by Crippen LogP contribution is -2.41. The van der Waals surface area contributed by atoms with E-state index in [-0.39, 0.29) is 5.56 Å². The summed E-state index contributed by atoms with van der Waals surface area (Å²) >= 11 is 0. The third kappa shape index (κ3) is 3.08. The molecular formula is C16H24BNO6. The monoisotopic (exact) mass is 337 g/mol. The van der Waals surface area contributed by atoms with Gasteiger partial charge in [0.2, 0.25) is 0 Å². The summed E-state index contributed by atoms with van der Waals surface area (Å²) < 4.78 is 23.3. The van der Waals surface area contributed by atoms with Gasteiger partial charge in [-0.05, 0) is 34.6 Å². The fourth-order valence-corrected chi connectivity index (χ4v) is 2.45. The van der Waals surface area contributed by atoms with Gasteiger partial charge in [0.05, 0.1) is 25.4 Å². The van der Waals surface area contributed by atoms with E-state index in [1.807, 2.05) is 27.7 Å². The number of carbonyl (C=O) groups excluding carboxylic acids is 1. The molecule has 0 bridgehead atoms. The number of pyridine rings is 1. The highest BCUT2D eigenvalue weighted by Gasteiger charge is 2.52. The fourth-order valence-electron chi connectivity index (χ4n) is 2.45. The predicted molar refractivity (Wildman–Crippen MR) is 89.7 cm³/mol. The molecule has 8 heteroatoms. The van der Waals surface area contributed by atoms with Gasteiger partial charge < -0.3 is 18.8 Å². The number of nitrogens with zero attached hydrogens (tertiary/aromatic N) is 1. The van der Waals surface area contributed by atoms with Crippen molar-refractivity contribution >= 4 is 18.6 Å². The molecule has 0 amide bonds. The summed E-state index contributed by atoms with van der Waals surface area (Å²) in [6.07, 6.45) is 1.48. The predicted octanol–water partition coefficient (Wildman–Crippen LogP) is 0.890. The first-order valence-corrected chi connectivity index (χ1v) is 7.77. The van der Waals surface area contributed by atoms with Crippen LogP contribution in [-0.2, 0) is 18.8 Å². The van der Waals surface area contributed by atoms with Crippen LogP contribution in [0.25, 0.3) is 0 Å². The van der Waals surface area contributed by atoms with E-state index in [4.69, 9.17) is 18.8 Å². The van der Waals surface area contributed by atoms with Crippen molar-refractivity contribution in [3.05, 3.63) is 22.6 Å². The van der Waals surface area contributed by atoms with E-state index in [2.05, 4.69) is 0 Å². The zero-order chi connectivity index (χ0) is 18.3. The largest absolute Gasteiger partial charge is 0.498 e. The highest BCUT2D eigenvalue weighted by atomic mass is 16.7. The number of ether oxygens (including phenoxy) is 2. The maximum atomic E-state index is 12.4. The minimum atomic E-state index is -0.760. The minimum Gasteiger partial charge on any atom is -0.496 e. The molecule has 1 aliphatic heterocycles. The molecule has 0 N–H and O–H groups in total. The number of hydrogen-bond donors (Lipinski definition) is 0. The second kappa shape index (κ2) is 6.25. The van der Waals surface area contributed by atoms with Crippen LogP contribution in [0, 0.1) is 0 Å². The molecule has 24 heavy (non-hydrogen) atoms. The zero-order valence-electron chi connectivity index (χ0n) is 15.2. The summed E-state index contributed by atoms with van der Waals surface area (Å²) in [4.78, 5) is 24.1. The van der Waals surface area contributed by atoms with E-state index in [1.165, 1.54) is 31.0 Å². The van der Waals surface area contributed by atoms with Crippen LogP contribution in [0.2, 0.25) is 0 Å². The average Bonchev–Trinajstić information content (AvgIpc) is 2.73. The SMILES string of the molecule is COC(=O)C(C)n1cc(OC)c(B2OC(C)(C)C(C)(C)O2)cc1=O. The van der Waals surface area contributed by atoms with Crippen molar-refractivity contribution in [1.82, 2.24) is 4.57 Å². The molecule has 1 fully saturated rings. The molecule has 1 atom stereocenters. The molecule has 0 saturated carbocycles. The van der Waals surface area contributed by atoms with Crippen molar-refractivity contribution in [2.45, 2.75) is 51.9 Å². The van der Waals surface area contributed by atoms with Gasteiger partial charge in [0.15, 0.2) is 0 Å². The summed E-state index contributed by atoms with van der Waals surface area (Å²) in [5, 5.41) is 0. The normalized spacial score (nSPS) is 19.9. The number of hydrogen-bond acceptors (Lipinski definition) is 6. The Kier molecular flexibility index (Phi) is 4.83. The highest BCUT2D eigenvalue weighted by molar-refractivity contribution is 6.63. The molecule has 1 aromatic heterocycles. The van der Waals surface area contributed by atoms with Gasteiger partial charge in [-0.1, -0.05) is 0 Å². The highest BCUT2D eigenvalue weighted by Crippen LogP contribution is 2.37. The zero-order valence-corrected chi connectivity index (χ0v) is 15.2. The second-order valence-electron chi connectivity index (χ2n) is 6.83. The smallest absolute Gasteiger partial charge is 0.496 e. The van der Waals surface area contributed by atoms with Gasteiger partial charge in [0.1, 0.15) is 11.8 Å². The van der Waals surface area contributed by atoms with Gasteiger partial charge in [-0.15, -0.1) is 0 Å². The second-order valence-corrected chi connectivity index (χ2v) is 6.83. The van der Waals surface area contributed by atoms with Crippen LogP contribution in [0.1, 0.15) is 40.7 Å². The van der Waals surface area contributed by atoms with Gasteiger partial charge >= 0.3 is 13.1 Å². The molecule has 7 nitrogen and oxygen atoms in total. The van der Waals surface area contributed by atoms with Gasteiger partial charge in [0, 0.05) is 17.7 Å². The van der Waals surface area contributed by atoms with Crippen LogP contribution in [0.5, 0.6) is 5.75 Å². The Bertz CT molecular complexity index is 680. The molecular weight excluding hydrogens is 313 g/mol. The van der Waals surface area contributed by atoms with Crippen LogP contribution >= 0.6 is 0 Å². The van der Waals surface area contributed by atoms with Crippen molar-refractivity contribution in [2.75, 3.05) is 14.2 Å². The molecule has 132 valence electrons. The van der Waals surface area contributed by atoms with Crippen molar-refractivity contribution in [3.8, 4) is 5.75 Å². The maximum Gasteiger partial charge on any atom is 0.498 e. The summed E-state index contributed by atoms with van der Waals surface area (Å²) in [5.74, 6) is -0.105. The Morgan fingerprint density at radius 1 is 1.21 bits per heavy atom. The molecule has 1 aromatic rings. The molecule has 1 aliphatic rings. The number of rotatable bonds is 4. The first-order chi connectivity index (χ1) is 11.0. The molecule has 2 rings (SSSR count). The van der Waals surface area contributed by atoms with E-state index in [0.717, 1.165) is 0 Å². The number of esters is 1. The van der Waals surface area contributed by atoms with E-state index in [9.17, 15) is 9.59 Å². The van der Waals surface area contributed by atoms with E-state index >= 15 is 0 Å². The lowest BCUT2D eigenvalue weighted by molar-refractivity contribution is -0.144.